The summed E-state index contributed by atoms with van der Waals surface area (Å²) in [6, 6.07) is 14.4. The van der Waals surface area contributed by atoms with Gasteiger partial charge in [-0.3, -0.25) is 10.1 Å². The normalized spacial score (nSPS) is 19.6. The quantitative estimate of drug-likeness (QED) is 0.566. The van der Waals surface area contributed by atoms with Gasteiger partial charge in [-0.1, -0.05) is 0 Å². The first-order valence-corrected chi connectivity index (χ1v) is 8.86. The van der Waals surface area contributed by atoms with Gasteiger partial charge in [-0.15, -0.1) is 0 Å². The van der Waals surface area contributed by atoms with Crippen molar-refractivity contribution in [2.75, 3.05) is 19.0 Å². The van der Waals surface area contributed by atoms with Crippen molar-refractivity contribution in [1.82, 2.24) is 0 Å². The van der Waals surface area contributed by atoms with E-state index in [1.165, 1.54) is 12.1 Å². The highest BCUT2D eigenvalue weighted by atomic mass is 16.6. The Morgan fingerprint density at radius 1 is 0.846 bits per heavy atom. The summed E-state index contributed by atoms with van der Waals surface area (Å²) in [5.74, 6) is 1.58. The molecule has 1 saturated carbocycles. The number of anilines is 1. The van der Waals surface area contributed by atoms with Gasteiger partial charge in [-0.25, -0.2) is 0 Å². The molecule has 0 aliphatic heterocycles. The molecular formula is C20H24N2O4. The van der Waals surface area contributed by atoms with Gasteiger partial charge in [0, 0.05) is 31.9 Å². The van der Waals surface area contributed by atoms with Crippen LogP contribution in [-0.4, -0.2) is 31.2 Å². The average Bonchev–Trinajstić information content (AvgIpc) is 2.64. The lowest BCUT2D eigenvalue weighted by Crippen LogP contribution is -2.30. The Kier molecular flexibility index (Phi) is 5.61. The van der Waals surface area contributed by atoms with E-state index >= 15 is 0 Å². The average molecular weight is 356 g/mol. The molecule has 0 amide bonds. The molecule has 0 saturated heterocycles. The van der Waals surface area contributed by atoms with Crippen LogP contribution in [0.5, 0.6) is 11.5 Å². The van der Waals surface area contributed by atoms with Crippen molar-refractivity contribution >= 4 is 11.4 Å². The van der Waals surface area contributed by atoms with Gasteiger partial charge >= 0.3 is 0 Å². The number of ether oxygens (including phenoxy) is 2. The lowest BCUT2D eigenvalue weighted by Gasteiger charge is -2.29. The van der Waals surface area contributed by atoms with Crippen LogP contribution >= 0.6 is 0 Å². The molecule has 0 aromatic heterocycles. The largest absolute Gasteiger partial charge is 0.490 e. The van der Waals surface area contributed by atoms with Crippen LogP contribution in [0, 0.1) is 10.1 Å². The standard InChI is InChI=1S/C20H24N2O4/c1-21(2)15-3-7-17(8-4-15)25-19-11-13-20(14-12-19)26-18-9-5-16(6-10-18)22(23)24/h3-10,19-20H,11-14H2,1-2H3. The Morgan fingerprint density at radius 2 is 1.27 bits per heavy atom. The summed E-state index contributed by atoms with van der Waals surface area (Å²) in [4.78, 5) is 12.3. The first kappa shape index (κ1) is 18.0. The first-order chi connectivity index (χ1) is 12.5. The van der Waals surface area contributed by atoms with E-state index in [9.17, 15) is 10.1 Å². The highest BCUT2D eigenvalue weighted by molar-refractivity contribution is 5.47. The number of nitro groups is 1. The second-order valence-corrected chi connectivity index (χ2v) is 6.77. The maximum Gasteiger partial charge on any atom is 0.269 e. The fourth-order valence-electron chi connectivity index (χ4n) is 3.12. The predicted octanol–water partition coefficient (Wildman–Crippen LogP) is 4.43. The molecule has 1 fully saturated rings. The number of benzene rings is 2. The molecule has 6 heteroatoms. The molecule has 2 aromatic carbocycles. The Morgan fingerprint density at radius 3 is 1.65 bits per heavy atom. The number of nitrogens with zero attached hydrogens (tertiary/aromatic N) is 2. The molecule has 138 valence electrons. The first-order valence-electron chi connectivity index (χ1n) is 8.86. The molecule has 0 spiro atoms. The molecule has 3 rings (SSSR count). The molecule has 1 aliphatic rings. The fourth-order valence-corrected chi connectivity index (χ4v) is 3.12. The Labute approximate surface area is 153 Å². The zero-order valence-electron chi connectivity index (χ0n) is 15.1. The van der Waals surface area contributed by atoms with Crippen LogP contribution in [0.2, 0.25) is 0 Å². The smallest absolute Gasteiger partial charge is 0.269 e. The van der Waals surface area contributed by atoms with Gasteiger partial charge in [0.15, 0.2) is 0 Å². The van der Waals surface area contributed by atoms with Crippen molar-refractivity contribution < 1.29 is 14.4 Å². The summed E-state index contributed by atoms with van der Waals surface area (Å²) < 4.78 is 12.0. The zero-order valence-corrected chi connectivity index (χ0v) is 15.1. The van der Waals surface area contributed by atoms with Crippen LogP contribution in [0.15, 0.2) is 48.5 Å². The number of hydrogen-bond donors (Lipinski definition) is 0. The fraction of sp³-hybridized carbons (Fsp3) is 0.400. The van der Waals surface area contributed by atoms with Gasteiger partial charge in [0.2, 0.25) is 0 Å². The van der Waals surface area contributed by atoms with E-state index < -0.39 is 4.92 Å². The van der Waals surface area contributed by atoms with E-state index in [0.717, 1.165) is 37.1 Å². The van der Waals surface area contributed by atoms with Crippen LogP contribution in [0.25, 0.3) is 0 Å². The van der Waals surface area contributed by atoms with Crippen molar-refractivity contribution in [3.63, 3.8) is 0 Å². The van der Waals surface area contributed by atoms with Crippen molar-refractivity contribution in [2.24, 2.45) is 0 Å². The Balaban J connectivity index is 1.47. The molecule has 1 aliphatic carbocycles. The Bertz CT molecular complexity index is 720. The molecular weight excluding hydrogens is 332 g/mol. The number of hydrogen-bond acceptors (Lipinski definition) is 5. The monoisotopic (exact) mass is 356 g/mol. The van der Waals surface area contributed by atoms with Gasteiger partial charge in [0.1, 0.15) is 11.5 Å². The summed E-state index contributed by atoms with van der Waals surface area (Å²) in [6.45, 7) is 0. The van der Waals surface area contributed by atoms with Gasteiger partial charge in [0.25, 0.3) is 5.69 Å². The zero-order chi connectivity index (χ0) is 18.5. The van der Waals surface area contributed by atoms with Crippen LogP contribution < -0.4 is 14.4 Å². The van der Waals surface area contributed by atoms with Crippen LogP contribution in [0.3, 0.4) is 0 Å². The molecule has 2 aromatic rings. The van der Waals surface area contributed by atoms with Crippen molar-refractivity contribution in [3.05, 3.63) is 58.6 Å². The van der Waals surface area contributed by atoms with Gasteiger partial charge in [0.05, 0.1) is 17.1 Å². The lowest BCUT2D eigenvalue weighted by atomic mass is 9.95. The lowest BCUT2D eigenvalue weighted by molar-refractivity contribution is -0.384. The Hall–Kier alpha value is -2.76. The second-order valence-electron chi connectivity index (χ2n) is 6.77. The predicted molar refractivity (Wildman–Crippen MR) is 101 cm³/mol. The number of non-ortho nitro benzene ring substituents is 1. The summed E-state index contributed by atoms with van der Waals surface area (Å²) in [6.07, 6.45) is 4.04. The highest BCUT2D eigenvalue weighted by Crippen LogP contribution is 2.28. The third kappa shape index (κ3) is 4.65. The molecule has 0 atom stereocenters. The minimum absolute atomic E-state index is 0.0785. The molecule has 0 N–H and O–H groups in total. The maximum atomic E-state index is 10.7. The van der Waals surface area contributed by atoms with Crippen LogP contribution in [0.1, 0.15) is 25.7 Å². The van der Waals surface area contributed by atoms with Gasteiger partial charge in [-0.05, 0) is 62.1 Å². The van der Waals surface area contributed by atoms with E-state index in [1.54, 1.807) is 12.1 Å². The SMILES string of the molecule is CN(C)c1ccc(OC2CCC(Oc3ccc([N+](=O)[O-])cc3)CC2)cc1. The van der Waals surface area contributed by atoms with Gasteiger partial charge < -0.3 is 14.4 Å². The summed E-state index contributed by atoms with van der Waals surface area (Å²) in [7, 11) is 4.03. The number of rotatable bonds is 6. The van der Waals surface area contributed by atoms with Crippen molar-refractivity contribution in [1.29, 1.82) is 0 Å². The molecule has 0 bridgehead atoms. The summed E-state index contributed by atoms with van der Waals surface area (Å²) in [5, 5.41) is 10.7. The maximum absolute atomic E-state index is 10.7. The van der Waals surface area contributed by atoms with E-state index in [1.807, 2.05) is 26.2 Å². The molecule has 0 unspecified atom stereocenters. The van der Waals surface area contributed by atoms with Gasteiger partial charge in [-0.2, -0.15) is 0 Å². The van der Waals surface area contributed by atoms with Crippen LogP contribution in [-0.2, 0) is 0 Å². The van der Waals surface area contributed by atoms with Crippen molar-refractivity contribution in [3.8, 4) is 11.5 Å². The molecule has 0 radical (unpaired) electrons. The minimum Gasteiger partial charge on any atom is -0.490 e. The van der Waals surface area contributed by atoms with Crippen LogP contribution in [0.4, 0.5) is 11.4 Å². The topological polar surface area (TPSA) is 64.8 Å². The molecule has 6 nitrogen and oxygen atoms in total. The summed E-state index contributed by atoms with van der Waals surface area (Å²) >= 11 is 0. The molecule has 0 heterocycles. The third-order valence-corrected chi connectivity index (χ3v) is 4.63. The van der Waals surface area contributed by atoms with E-state index in [-0.39, 0.29) is 17.9 Å². The second kappa shape index (κ2) is 8.08. The third-order valence-electron chi connectivity index (χ3n) is 4.63. The summed E-state index contributed by atoms with van der Waals surface area (Å²) in [5.41, 5.74) is 1.23. The van der Waals surface area contributed by atoms with Crippen molar-refractivity contribution in [2.45, 2.75) is 37.9 Å². The molecule has 26 heavy (non-hydrogen) atoms. The van der Waals surface area contributed by atoms with E-state index in [4.69, 9.17) is 9.47 Å². The van der Waals surface area contributed by atoms with E-state index in [2.05, 4.69) is 17.0 Å². The number of nitro benzene ring substituents is 1. The van der Waals surface area contributed by atoms with E-state index in [0.29, 0.717) is 5.75 Å². The highest BCUT2D eigenvalue weighted by Gasteiger charge is 2.24. The minimum atomic E-state index is -0.405.